The highest BCUT2D eigenvalue weighted by Crippen LogP contribution is 2.19. The van der Waals surface area contributed by atoms with E-state index in [4.69, 9.17) is 5.73 Å². The van der Waals surface area contributed by atoms with E-state index < -0.39 is 6.04 Å². The summed E-state index contributed by atoms with van der Waals surface area (Å²) in [6.07, 6.45) is 2.26. The topological polar surface area (TPSA) is 92.5 Å². The molecule has 0 aliphatic carbocycles. The van der Waals surface area contributed by atoms with Crippen LogP contribution in [0, 0.1) is 0 Å². The molecule has 21 heavy (non-hydrogen) atoms. The minimum atomic E-state index is -0.445. The van der Waals surface area contributed by atoms with Crippen molar-refractivity contribution in [3.8, 4) is 0 Å². The smallest absolute Gasteiger partial charge is 0.237 e. The average molecular weight is 291 g/mol. The van der Waals surface area contributed by atoms with E-state index in [1.807, 2.05) is 0 Å². The van der Waals surface area contributed by atoms with E-state index in [0.29, 0.717) is 36.2 Å². The van der Waals surface area contributed by atoms with Crippen molar-refractivity contribution in [1.29, 1.82) is 0 Å². The molecule has 1 rings (SSSR count). The second kappa shape index (κ2) is 8.16. The summed E-state index contributed by atoms with van der Waals surface area (Å²) in [4.78, 5) is 35.3. The second-order valence-electron chi connectivity index (χ2n) is 4.82. The van der Waals surface area contributed by atoms with Crippen molar-refractivity contribution in [3.05, 3.63) is 29.3 Å². The van der Waals surface area contributed by atoms with Crippen molar-refractivity contribution >= 4 is 24.2 Å². The maximum Gasteiger partial charge on any atom is 0.237 e. The lowest BCUT2D eigenvalue weighted by atomic mass is 10.0. The van der Waals surface area contributed by atoms with Crippen LogP contribution in [0.3, 0.4) is 0 Å². The number of nitrogens with zero attached hydrogens (tertiary/aromatic N) is 1. The molecule has 1 atom stereocenters. The number of carbonyl (C=O) groups is 3. The monoisotopic (exact) mass is 291 g/mol. The van der Waals surface area contributed by atoms with Crippen LogP contribution < -0.4 is 11.1 Å². The summed E-state index contributed by atoms with van der Waals surface area (Å²) in [5.41, 5.74) is 7.62. The van der Waals surface area contributed by atoms with E-state index in [1.165, 1.54) is 0 Å². The number of benzene rings is 1. The van der Waals surface area contributed by atoms with Crippen molar-refractivity contribution in [3.63, 3.8) is 0 Å². The number of aldehydes is 2. The number of carbonyl (C=O) groups excluding carboxylic acids is 3. The van der Waals surface area contributed by atoms with E-state index in [2.05, 4.69) is 5.32 Å². The Morgan fingerprint density at radius 2 is 2.14 bits per heavy atom. The number of hydrogen-bond acceptors (Lipinski definition) is 5. The fraction of sp³-hybridized carbons (Fsp3) is 0.400. The molecule has 3 N–H and O–H groups in total. The largest absolute Gasteiger partial charge is 0.398 e. The van der Waals surface area contributed by atoms with Crippen molar-refractivity contribution in [2.75, 3.05) is 19.8 Å². The zero-order valence-electron chi connectivity index (χ0n) is 12.3. The number of amides is 1. The summed E-state index contributed by atoms with van der Waals surface area (Å²) in [6, 6.07) is 4.67. The Hall–Kier alpha value is -2.21. The molecule has 0 aliphatic heterocycles. The Kier molecular flexibility index (Phi) is 6.55. The van der Waals surface area contributed by atoms with Crippen LogP contribution >= 0.6 is 0 Å². The highest BCUT2D eigenvalue weighted by atomic mass is 16.2. The number of anilines is 1. The van der Waals surface area contributed by atoms with E-state index in [-0.39, 0.29) is 5.91 Å². The molecule has 114 valence electrons. The van der Waals surface area contributed by atoms with Crippen molar-refractivity contribution in [1.82, 2.24) is 10.2 Å². The Bertz CT molecular complexity index is 517. The normalized spacial score (nSPS) is 12.0. The Morgan fingerprint density at radius 3 is 2.71 bits per heavy atom. The first kappa shape index (κ1) is 16.8. The predicted octanol–water partition coefficient (Wildman–Crippen LogP) is 0.607. The number of nitrogens with one attached hydrogen (secondary N) is 1. The maximum atomic E-state index is 11.9. The molecule has 0 aromatic heterocycles. The van der Waals surface area contributed by atoms with Crippen LogP contribution in [-0.2, 0) is 16.1 Å². The van der Waals surface area contributed by atoms with Crippen LogP contribution in [0.4, 0.5) is 5.69 Å². The molecule has 6 nitrogen and oxygen atoms in total. The minimum Gasteiger partial charge on any atom is -0.398 e. The minimum absolute atomic E-state index is 0.165. The molecular formula is C15H21N3O3. The van der Waals surface area contributed by atoms with Gasteiger partial charge in [0.15, 0.2) is 0 Å². The number of rotatable bonds is 8. The van der Waals surface area contributed by atoms with Crippen LogP contribution in [0.2, 0.25) is 0 Å². The van der Waals surface area contributed by atoms with Gasteiger partial charge in [-0.3, -0.25) is 14.5 Å². The van der Waals surface area contributed by atoms with Gasteiger partial charge in [-0.15, -0.1) is 0 Å². The van der Waals surface area contributed by atoms with Crippen LogP contribution in [-0.4, -0.2) is 43.5 Å². The van der Waals surface area contributed by atoms with Gasteiger partial charge < -0.3 is 15.8 Å². The van der Waals surface area contributed by atoms with E-state index in [0.717, 1.165) is 12.6 Å². The third-order valence-electron chi connectivity index (χ3n) is 3.42. The quantitative estimate of drug-likeness (QED) is 0.540. The fourth-order valence-corrected chi connectivity index (χ4v) is 2.22. The van der Waals surface area contributed by atoms with Crippen LogP contribution in [0.5, 0.6) is 0 Å². The number of nitrogen functional groups attached to an aromatic ring is 1. The van der Waals surface area contributed by atoms with Crippen molar-refractivity contribution < 1.29 is 14.4 Å². The first-order valence-electron chi connectivity index (χ1n) is 6.73. The van der Waals surface area contributed by atoms with Gasteiger partial charge in [-0.05, 0) is 25.1 Å². The molecule has 1 amide bonds. The summed E-state index contributed by atoms with van der Waals surface area (Å²) in [5.74, 6) is -0.165. The first-order chi connectivity index (χ1) is 10.0. The molecule has 1 aromatic rings. The Morgan fingerprint density at radius 1 is 1.43 bits per heavy atom. The predicted molar refractivity (Wildman–Crippen MR) is 80.9 cm³/mol. The number of likely N-dealkylation sites (N-methyl/N-ethyl adjacent to an activating group) is 2. The van der Waals surface area contributed by atoms with Crippen LogP contribution in [0.15, 0.2) is 18.2 Å². The summed E-state index contributed by atoms with van der Waals surface area (Å²) in [6.45, 7) is 0.359. The van der Waals surface area contributed by atoms with E-state index in [9.17, 15) is 14.4 Å². The lowest BCUT2D eigenvalue weighted by Crippen LogP contribution is -2.43. The summed E-state index contributed by atoms with van der Waals surface area (Å²) in [5, 5.41) is 2.59. The van der Waals surface area contributed by atoms with Gasteiger partial charge in [0.1, 0.15) is 12.6 Å². The molecule has 0 aliphatic rings. The van der Waals surface area contributed by atoms with Gasteiger partial charge in [0, 0.05) is 31.3 Å². The molecule has 0 heterocycles. The van der Waals surface area contributed by atoms with Crippen molar-refractivity contribution in [2.45, 2.75) is 25.4 Å². The maximum absolute atomic E-state index is 11.9. The molecule has 1 unspecified atom stereocenters. The van der Waals surface area contributed by atoms with Crippen LogP contribution in [0.1, 0.15) is 28.8 Å². The van der Waals surface area contributed by atoms with Gasteiger partial charge in [-0.2, -0.15) is 0 Å². The number of nitrogens with two attached hydrogens (primary N) is 1. The molecule has 1 aromatic carbocycles. The summed E-state index contributed by atoms with van der Waals surface area (Å²) >= 11 is 0. The van der Waals surface area contributed by atoms with Gasteiger partial charge in [-0.25, -0.2) is 0 Å². The molecular weight excluding hydrogens is 270 g/mol. The average Bonchev–Trinajstić information content (AvgIpc) is 2.49. The second-order valence-corrected chi connectivity index (χ2v) is 4.82. The zero-order chi connectivity index (χ0) is 15.8. The molecule has 0 fully saturated rings. The standard InChI is InChI=1S/C15H21N3O3/c1-17-15(21)14(7-4-8-19)18(2)9-12-11(10-20)5-3-6-13(12)16/h3,5-6,8,10,14H,4,7,9,16H2,1-2H3,(H,17,21). The van der Waals surface area contributed by atoms with E-state index >= 15 is 0 Å². The van der Waals surface area contributed by atoms with Gasteiger partial charge >= 0.3 is 0 Å². The lowest BCUT2D eigenvalue weighted by Gasteiger charge is -2.27. The lowest BCUT2D eigenvalue weighted by molar-refractivity contribution is -0.126. The molecule has 0 radical (unpaired) electrons. The number of hydrogen-bond donors (Lipinski definition) is 2. The first-order valence-corrected chi connectivity index (χ1v) is 6.73. The summed E-state index contributed by atoms with van der Waals surface area (Å²) < 4.78 is 0. The third kappa shape index (κ3) is 4.39. The van der Waals surface area contributed by atoms with Gasteiger partial charge in [0.05, 0.1) is 6.04 Å². The molecule has 0 bridgehead atoms. The highest BCUT2D eigenvalue weighted by Gasteiger charge is 2.23. The molecule has 6 heteroatoms. The third-order valence-corrected chi connectivity index (χ3v) is 3.42. The van der Waals surface area contributed by atoms with E-state index in [1.54, 1.807) is 37.2 Å². The molecule has 0 saturated heterocycles. The van der Waals surface area contributed by atoms with Gasteiger partial charge in [0.2, 0.25) is 5.91 Å². The highest BCUT2D eigenvalue weighted by molar-refractivity contribution is 5.82. The zero-order valence-corrected chi connectivity index (χ0v) is 12.3. The molecule has 0 saturated carbocycles. The van der Waals surface area contributed by atoms with Crippen LogP contribution in [0.25, 0.3) is 0 Å². The Balaban J connectivity index is 2.95. The summed E-state index contributed by atoms with van der Waals surface area (Å²) in [7, 11) is 3.32. The molecule has 0 spiro atoms. The van der Waals surface area contributed by atoms with Gasteiger partial charge in [-0.1, -0.05) is 12.1 Å². The van der Waals surface area contributed by atoms with Crippen molar-refractivity contribution in [2.24, 2.45) is 0 Å². The Labute approximate surface area is 124 Å². The fourth-order valence-electron chi connectivity index (χ4n) is 2.22. The van der Waals surface area contributed by atoms with Gasteiger partial charge in [0.25, 0.3) is 0 Å². The SMILES string of the molecule is CNC(=O)C(CCC=O)N(C)Cc1c(N)cccc1C=O.